The van der Waals surface area contributed by atoms with Gasteiger partial charge in [0.2, 0.25) is 0 Å². The maximum Gasteiger partial charge on any atom is 0.404 e. The van der Waals surface area contributed by atoms with Gasteiger partial charge < -0.3 is 0 Å². The van der Waals surface area contributed by atoms with Crippen molar-refractivity contribution >= 4 is 11.8 Å². The fourth-order valence-electron chi connectivity index (χ4n) is 1.17. The fourth-order valence-corrected chi connectivity index (χ4v) is 2.05. The van der Waals surface area contributed by atoms with Crippen molar-refractivity contribution in [2.24, 2.45) is 0 Å². The van der Waals surface area contributed by atoms with E-state index in [9.17, 15) is 13.2 Å². The average molecular weight is 220 g/mol. The van der Waals surface area contributed by atoms with Crippen molar-refractivity contribution in [3.63, 3.8) is 0 Å². The van der Waals surface area contributed by atoms with Crippen molar-refractivity contribution in [1.29, 1.82) is 0 Å². The summed E-state index contributed by atoms with van der Waals surface area (Å²) in [4.78, 5) is 0. The second-order valence-electron chi connectivity index (χ2n) is 2.79. The molecule has 1 unspecified atom stereocenters. The number of halogens is 3. The largest absolute Gasteiger partial charge is 0.404 e. The molecule has 78 valence electrons. The van der Waals surface area contributed by atoms with Crippen LogP contribution in [0.1, 0.15) is 17.7 Å². The molecular weight excluding hydrogens is 209 g/mol. The van der Waals surface area contributed by atoms with Crippen molar-refractivity contribution < 1.29 is 13.2 Å². The predicted molar refractivity (Wildman–Crippen MR) is 53.4 cm³/mol. The SMILES string of the molecule is CCSC(c1ccccc1)C(F)(F)F. The Morgan fingerprint density at radius 3 is 2.21 bits per heavy atom. The molecule has 1 aromatic rings. The summed E-state index contributed by atoms with van der Waals surface area (Å²) in [7, 11) is 0. The topological polar surface area (TPSA) is 0 Å². The molecule has 0 nitrogen and oxygen atoms in total. The molecule has 0 radical (unpaired) electrons. The smallest absolute Gasteiger partial charge is 0.169 e. The molecule has 0 N–H and O–H groups in total. The summed E-state index contributed by atoms with van der Waals surface area (Å²) < 4.78 is 37.7. The van der Waals surface area contributed by atoms with Crippen LogP contribution in [-0.2, 0) is 0 Å². The highest BCUT2D eigenvalue weighted by molar-refractivity contribution is 7.99. The van der Waals surface area contributed by atoms with Gasteiger partial charge in [0.05, 0.1) is 0 Å². The minimum Gasteiger partial charge on any atom is -0.169 e. The second-order valence-corrected chi connectivity index (χ2v) is 4.17. The first-order chi connectivity index (χ1) is 6.55. The van der Waals surface area contributed by atoms with Gasteiger partial charge in [-0.1, -0.05) is 37.3 Å². The van der Waals surface area contributed by atoms with Crippen LogP contribution in [0.5, 0.6) is 0 Å². The van der Waals surface area contributed by atoms with Gasteiger partial charge in [-0.25, -0.2) is 0 Å². The minimum absolute atomic E-state index is 0.326. The van der Waals surface area contributed by atoms with Crippen LogP contribution >= 0.6 is 11.8 Å². The molecule has 1 aromatic carbocycles. The molecule has 0 aromatic heterocycles. The van der Waals surface area contributed by atoms with Crippen LogP contribution in [0.3, 0.4) is 0 Å². The Hall–Kier alpha value is -0.640. The molecule has 0 amide bonds. The van der Waals surface area contributed by atoms with Crippen molar-refractivity contribution in [3.05, 3.63) is 35.9 Å². The zero-order chi connectivity index (χ0) is 10.6. The Morgan fingerprint density at radius 1 is 1.21 bits per heavy atom. The van der Waals surface area contributed by atoms with E-state index >= 15 is 0 Å². The Labute approximate surface area is 85.5 Å². The van der Waals surface area contributed by atoms with E-state index in [1.807, 2.05) is 0 Å². The maximum atomic E-state index is 12.6. The summed E-state index contributed by atoms with van der Waals surface area (Å²) in [5.41, 5.74) is 0.326. The Bertz CT molecular complexity index is 268. The van der Waals surface area contributed by atoms with Gasteiger partial charge in [-0.2, -0.15) is 13.2 Å². The molecule has 4 heteroatoms. The molecule has 0 spiro atoms. The van der Waals surface area contributed by atoms with Gasteiger partial charge in [0.1, 0.15) is 5.25 Å². The number of hydrogen-bond donors (Lipinski definition) is 0. The zero-order valence-corrected chi connectivity index (χ0v) is 8.53. The first-order valence-corrected chi connectivity index (χ1v) is 5.34. The zero-order valence-electron chi connectivity index (χ0n) is 7.71. The molecule has 0 bridgehead atoms. The summed E-state index contributed by atoms with van der Waals surface area (Å²) in [5, 5.41) is -1.39. The molecule has 0 aliphatic carbocycles. The van der Waals surface area contributed by atoms with Crippen LogP contribution in [0.15, 0.2) is 30.3 Å². The highest BCUT2D eigenvalue weighted by atomic mass is 32.2. The Morgan fingerprint density at radius 2 is 1.79 bits per heavy atom. The third kappa shape index (κ3) is 2.94. The van der Waals surface area contributed by atoms with E-state index < -0.39 is 11.4 Å². The first-order valence-electron chi connectivity index (χ1n) is 4.29. The highest BCUT2D eigenvalue weighted by Crippen LogP contribution is 2.42. The van der Waals surface area contributed by atoms with Crippen LogP contribution < -0.4 is 0 Å². The predicted octanol–water partition coefficient (Wildman–Crippen LogP) is 4.04. The lowest BCUT2D eigenvalue weighted by atomic mass is 10.1. The van der Waals surface area contributed by atoms with Gasteiger partial charge in [-0.3, -0.25) is 0 Å². The lowest BCUT2D eigenvalue weighted by Crippen LogP contribution is -2.18. The number of hydrogen-bond acceptors (Lipinski definition) is 1. The van der Waals surface area contributed by atoms with E-state index in [1.54, 1.807) is 25.1 Å². The second kappa shape index (κ2) is 4.73. The van der Waals surface area contributed by atoms with Crippen LogP contribution in [0.2, 0.25) is 0 Å². The van der Waals surface area contributed by atoms with E-state index in [0.29, 0.717) is 11.3 Å². The Kier molecular flexibility index (Phi) is 3.86. The molecule has 0 saturated heterocycles. The maximum absolute atomic E-state index is 12.6. The van der Waals surface area contributed by atoms with Crippen molar-refractivity contribution in [3.8, 4) is 0 Å². The molecule has 0 aliphatic heterocycles. The van der Waals surface area contributed by atoms with Crippen LogP contribution in [0.25, 0.3) is 0 Å². The van der Waals surface area contributed by atoms with Crippen LogP contribution in [0.4, 0.5) is 13.2 Å². The lowest BCUT2D eigenvalue weighted by molar-refractivity contribution is -0.129. The molecule has 1 atom stereocenters. The van der Waals surface area contributed by atoms with Gasteiger partial charge in [0.25, 0.3) is 0 Å². The van der Waals surface area contributed by atoms with Gasteiger partial charge in [-0.15, -0.1) is 11.8 Å². The number of alkyl halides is 3. The standard InChI is InChI=1S/C10H11F3S/c1-2-14-9(10(11,12)13)8-6-4-3-5-7-8/h3-7,9H,2H2,1H3. The number of thioether (sulfide) groups is 1. The van der Waals surface area contributed by atoms with E-state index in [1.165, 1.54) is 12.1 Å². The molecule has 0 aliphatic rings. The van der Waals surface area contributed by atoms with Gasteiger partial charge in [0.15, 0.2) is 0 Å². The lowest BCUT2D eigenvalue weighted by Gasteiger charge is -2.19. The highest BCUT2D eigenvalue weighted by Gasteiger charge is 2.40. The first kappa shape index (κ1) is 11.4. The third-order valence-electron chi connectivity index (χ3n) is 1.73. The van der Waals surface area contributed by atoms with Crippen molar-refractivity contribution in [2.45, 2.75) is 18.3 Å². The van der Waals surface area contributed by atoms with Crippen LogP contribution in [-0.4, -0.2) is 11.9 Å². The summed E-state index contributed by atoms with van der Waals surface area (Å²) in [5.74, 6) is 0.457. The van der Waals surface area contributed by atoms with Crippen molar-refractivity contribution in [2.75, 3.05) is 5.75 Å². The Balaban J connectivity index is 2.89. The third-order valence-corrected chi connectivity index (χ3v) is 2.94. The van der Waals surface area contributed by atoms with E-state index in [-0.39, 0.29) is 0 Å². The van der Waals surface area contributed by atoms with Gasteiger partial charge >= 0.3 is 6.18 Å². The average Bonchev–Trinajstić information content (AvgIpc) is 2.14. The molecule has 0 heterocycles. The molecule has 14 heavy (non-hydrogen) atoms. The summed E-state index contributed by atoms with van der Waals surface area (Å²) in [6.07, 6.45) is -4.16. The summed E-state index contributed by atoms with van der Waals surface area (Å²) >= 11 is 0.911. The van der Waals surface area contributed by atoms with E-state index in [4.69, 9.17) is 0 Å². The number of rotatable bonds is 3. The van der Waals surface area contributed by atoms with Crippen LogP contribution in [0, 0.1) is 0 Å². The fraction of sp³-hybridized carbons (Fsp3) is 0.400. The monoisotopic (exact) mass is 220 g/mol. The van der Waals surface area contributed by atoms with E-state index in [0.717, 1.165) is 11.8 Å². The molecule has 1 rings (SSSR count). The normalized spacial score (nSPS) is 14.0. The molecule has 0 fully saturated rings. The summed E-state index contributed by atoms with van der Waals surface area (Å²) in [6, 6.07) is 8.00. The van der Waals surface area contributed by atoms with Gasteiger partial charge in [0, 0.05) is 0 Å². The molecule has 0 saturated carbocycles. The van der Waals surface area contributed by atoms with Gasteiger partial charge in [-0.05, 0) is 11.3 Å². The van der Waals surface area contributed by atoms with E-state index in [2.05, 4.69) is 0 Å². The molecular formula is C10H11F3S. The summed E-state index contributed by atoms with van der Waals surface area (Å²) in [6.45, 7) is 1.73. The van der Waals surface area contributed by atoms with Crippen molar-refractivity contribution in [1.82, 2.24) is 0 Å². The quantitative estimate of drug-likeness (QED) is 0.740. The minimum atomic E-state index is -4.16. The number of benzene rings is 1.